The second kappa shape index (κ2) is 5.07. The lowest BCUT2D eigenvalue weighted by Gasteiger charge is -2.08. The highest BCUT2D eigenvalue weighted by atomic mass is 32.2. The minimum absolute atomic E-state index is 0.140. The van der Waals surface area contributed by atoms with Crippen LogP contribution in [0, 0.1) is 0 Å². The summed E-state index contributed by atoms with van der Waals surface area (Å²) in [4.78, 5) is 14.9. The Kier molecular flexibility index (Phi) is 3.11. The van der Waals surface area contributed by atoms with Crippen LogP contribution in [0.1, 0.15) is 17.4 Å². The van der Waals surface area contributed by atoms with E-state index in [2.05, 4.69) is 4.98 Å². The fraction of sp³-hybridized carbons (Fsp3) is 0.0556. The molecule has 0 bridgehead atoms. The number of nitrogens with one attached hydrogen (secondary N) is 1. The standard InChI is InChI=1S/C18H14N2O3S/c1-12(21)16-11-15-14-9-5-6-10-17(14)20(18(15)19-16)24(22,23)13-7-3-2-4-8-13/h2-11,19H,1H3. The molecule has 4 aromatic rings. The normalized spacial score (nSPS) is 12.0. The molecule has 0 saturated heterocycles. The molecule has 120 valence electrons. The molecule has 0 atom stereocenters. The van der Waals surface area contributed by atoms with Crippen LogP contribution in [0.4, 0.5) is 0 Å². The van der Waals surface area contributed by atoms with E-state index in [4.69, 9.17) is 0 Å². The Bertz CT molecular complexity index is 1190. The van der Waals surface area contributed by atoms with Crippen LogP contribution < -0.4 is 0 Å². The fourth-order valence-electron chi connectivity index (χ4n) is 2.95. The van der Waals surface area contributed by atoms with Gasteiger partial charge in [-0.05, 0) is 24.3 Å². The number of H-pyrrole nitrogens is 1. The van der Waals surface area contributed by atoms with E-state index in [1.165, 1.54) is 10.9 Å². The number of carbonyl (C=O) groups excluding carboxylic acids is 1. The maximum absolute atomic E-state index is 13.2. The van der Waals surface area contributed by atoms with Crippen molar-refractivity contribution >= 4 is 37.7 Å². The van der Waals surface area contributed by atoms with Crippen molar-refractivity contribution in [3.8, 4) is 0 Å². The van der Waals surface area contributed by atoms with Crippen molar-refractivity contribution in [2.24, 2.45) is 0 Å². The maximum atomic E-state index is 13.2. The SMILES string of the molecule is CC(=O)c1cc2c3ccccc3n(S(=O)(=O)c3ccccc3)c2[nH]1. The summed E-state index contributed by atoms with van der Waals surface area (Å²) in [5.74, 6) is -0.140. The Morgan fingerprint density at radius 3 is 2.33 bits per heavy atom. The average molecular weight is 338 g/mol. The molecule has 2 heterocycles. The second-order valence-electron chi connectivity index (χ2n) is 5.60. The van der Waals surface area contributed by atoms with Crippen molar-refractivity contribution in [2.45, 2.75) is 11.8 Å². The number of hydrogen-bond donors (Lipinski definition) is 1. The molecule has 0 saturated carbocycles. The number of benzene rings is 2. The van der Waals surface area contributed by atoms with Gasteiger partial charge in [-0.25, -0.2) is 12.4 Å². The summed E-state index contributed by atoms with van der Waals surface area (Å²) >= 11 is 0. The number of carbonyl (C=O) groups is 1. The molecule has 0 aliphatic carbocycles. The third kappa shape index (κ3) is 2.00. The highest BCUT2D eigenvalue weighted by Crippen LogP contribution is 2.32. The lowest BCUT2D eigenvalue weighted by molar-refractivity contribution is 0.101. The minimum atomic E-state index is -3.79. The Morgan fingerprint density at radius 1 is 0.958 bits per heavy atom. The molecule has 0 aliphatic rings. The van der Waals surface area contributed by atoms with E-state index in [0.717, 1.165) is 10.8 Å². The molecular formula is C18H14N2O3S. The number of aromatic nitrogens is 2. The van der Waals surface area contributed by atoms with Gasteiger partial charge in [-0.15, -0.1) is 0 Å². The van der Waals surface area contributed by atoms with Crippen LogP contribution in [-0.2, 0) is 10.0 Å². The predicted molar refractivity (Wildman–Crippen MR) is 92.8 cm³/mol. The summed E-state index contributed by atoms with van der Waals surface area (Å²) in [5, 5.41) is 1.51. The average Bonchev–Trinajstić information content (AvgIpc) is 3.12. The first kappa shape index (κ1) is 14.7. The Labute approximate surface area is 138 Å². The molecule has 0 fully saturated rings. The van der Waals surface area contributed by atoms with Gasteiger partial charge in [0.05, 0.1) is 16.1 Å². The number of rotatable bonds is 3. The fourth-order valence-corrected chi connectivity index (χ4v) is 4.46. The summed E-state index contributed by atoms with van der Waals surface area (Å²) in [6, 6.07) is 17.2. The van der Waals surface area contributed by atoms with Gasteiger partial charge in [-0.3, -0.25) is 4.79 Å². The van der Waals surface area contributed by atoms with Gasteiger partial charge < -0.3 is 4.98 Å². The molecule has 2 aromatic carbocycles. The van der Waals surface area contributed by atoms with E-state index in [-0.39, 0.29) is 10.7 Å². The van der Waals surface area contributed by atoms with Gasteiger partial charge in [0.1, 0.15) is 5.65 Å². The molecule has 0 radical (unpaired) electrons. The van der Waals surface area contributed by atoms with Crippen molar-refractivity contribution in [3.63, 3.8) is 0 Å². The molecule has 1 N–H and O–H groups in total. The Morgan fingerprint density at radius 2 is 1.62 bits per heavy atom. The summed E-state index contributed by atoms with van der Waals surface area (Å²) in [6.07, 6.45) is 0. The zero-order valence-electron chi connectivity index (χ0n) is 12.9. The van der Waals surface area contributed by atoms with Crippen LogP contribution in [0.5, 0.6) is 0 Å². The molecule has 0 amide bonds. The summed E-state index contributed by atoms with van der Waals surface area (Å²) < 4.78 is 27.6. The minimum Gasteiger partial charge on any atom is -0.337 e. The number of para-hydroxylation sites is 1. The molecule has 2 aromatic heterocycles. The molecular weight excluding hydrogens is 324 g/mol. The van der Waals surface area contributed by atoms with Crippen LogP contribution >= 0.6 is 0 Å². The van der Waals surface area contributed by atoms with Crippen molar-refractivity contribution in [2.75, 3.05) is 0 Å². The van der Waals surface area contributed by atoms with E-state index >= 15 is 0 Å². The van der Waals surface area contributed by atoms with E-state index in [1.54, 1.807) is 48.5 Å². The molecule has 6 heteroatoms. The van der Waals surface area contributed by atoms with Gasteiger partial charge in [-0.2, -0.15) is 0 Å². The third-order valence-electron chi connectivity index (χ3n) is 4.07. The highest BCUT2D eigenvalue weighted by Gasteiger charge is 2.24. The quantitative estimate of drug-likeness (QED) is 0.581. The third-order valence-corrected chi connectivity index (χ3v) is 5.80. The molecule has 0 unspecified atom stereocenters. The first-order valence-corrected chi connectivity index (χ1v) is 8.88. The van der Waals surface area contributed by atoms with Gasteiger partial charge >= 0.3 is 0 Å². The van der Waals surface area contributed by atoms with Crippen LogP contribution in [-0.4, -0.2) is 23.2 Å². The molecule has 0 aliphatic heterocycles. The van der Waals surface area contributed by atoms with E-state index in [0.29, 0.717) is 16.9 Å². The highest BCUT2D eigenvalue weighted by molar-refractivity contribution is 7.90. The van der Waals surface area contributed by atoms with E-state index < -0.39 is 10.0 Å². The van der Waals surface area contributed by atoms with Crippen LogP contribution in [0.15, 0.2) is 65.6 Å². The first-order valence-electron chi connectivity index (χ1n) is 7.44. The lowest BCUT2D eigenvalue weighted by Crippen LogP contribution is -2.13. The van der Waals surface area contributed by atoms with Crippen molar-refractivity contribution < 1.29 is 13.2 Å². The summed E-state index contributed by atoms with van der Waals surface area (Å²) in [6.45, 7) is 1.45. The summed E-state index contributed by atoms with van der Waals surface area (Å²) in [7, 11) is -3.79. The number of Topliss-reactive ketones (excluding diaryl/α,β-unsaturated/α-hetero) is 1. The zero-order chi connectivity index (χ0) is 16.9. The van der Waals surface area contributed by atoms with E-state index in [1.807, 2.05) is 12.1 Å². The predicted octanol–water partition coefficient (Wildman–Crippen LogP) is 3.56. The molecule has 4 rings (SSSR count). The monoisotopic (exact) mass is 338 g/mol. The van der Waals surface area contributed by atoms with Crippen molar-refractivity contribution in [1.29, 1.82) is 0 Å². The second-order valence-corrected chi connectivity index (χ2v) is 7.39. The van der Waals surface area contributed by atoms with Crippen molar-refractivity contribution in [3.05, 3.63) is 66.4 Å². The van der Waals surface area contributed by atoms with Gasteiger partial charge in [0.15, 0.2) is 5.78 Å². The first-order chi connectivity index (χ1) is 11.5. The van der Waals surface area contributed by atoms with Crippen LogP contribution in [0.2, 0.25) is 0 Å². The number of hydrogen-bond acceptors (Lipinski definition) is 3. The van der Waals surface area contributed by atoms with Gasteiger partial charge in [0.25, 0.3) is 10.0 Å². The smallest absolute Gasteiger partial charge is 0.269 e. The van der Waals surface area contributed by atoms with Crippen LogP contribution in [0.25, 0.3) is 21.9 Å². The molecule has 24 heavy (non-hydrogen) atoms. The number of fused-ring (bicyclic) bond motifs is 3. The molecule has 0 spiro atoms. The lowest BCUT2D eigenvalue weighted by atomic mass is 10.2. The van der Waals surface area contributed by atoms with Crippen LogP contribution in [0.3, 0.4) is 0 Å². The Balaban J connectivity index is 2.15. The zero-order valence-corrected chi connectivity index (χ0v) is 13.7. The number of ketones is 1. The molecule has 5 nitrogen and oxygen atoms in total. The summed E-state index contributed by atoms with van der Waals surface area (Å²) in [5.41, 5.74) is 1.38. The van der Waals surface area contributed by atoms with Gasteiger partial charge in [0.2, 0.25) is 0 Å². The van der Waals surface area contributed by atoms with Gasteiger partial charge in [-0.1, -0.05) is 36.4 Å². The topological polar surface area (TPSA) is 71.9 Å². The van der Waals surface area contributed by atoms with Gasteiger partial charge in [0, 0.05) is 17.7 Å². The Hall–Kier alpha value is -2.86. The maximum Gasteiger partial charge on any atom is 0.269 e. The van der Waals surface area contributed by atoms with E-state index in [9.17, 15) is 13.2 Å². The number of nitrogens with zero attached hydrogens (tertiary/aromatic N) is 1. The number of aromatic amines is 1. The largest absolute Gasteiger partial charge is 0.337 e. The van der Waals surface area contributed by atoms with Crippen molar-refractivity contribution in [1.82, 2.24) is 8.96 Å².